The molecule has 2 aliphatic carbocycles. The minimum Gasteiger partial charge on any atom is -0.493 e. The van der Waals surface area contributed by atoms with Gasteiger partial charge in [0.05, 0.1) is 24.5 Å². The summed E-state index contributed by atoms with van der Waals surface area (Å²) >= 11 is 0. The number of rotatable bonds is 8. The van der Waals surface area contributed by atoms with Crippen LogP contribution in [0.5, 0.6) is 11.5 Å². The number of nitrogens with one attached hydrogen (secondary N) is 2. The fourth-order valence-corrected chi connectivity index (χ4v) is 5.47. The van der Waals surface area contributed by atoms with Gasteiger partial charge in [-0.2, -0.15) is 0 Å². The predicted octanol–water partition coefficient (Wildman–Crippen LogP) is 3.99. The molecule has 2 aliphatic rings. The summed E-state index contributed by atoms with van der Waals surface area (Å²) in [5, 5.41) is 3.24. The number of ether oxygens (including phenoxy) is 2. The quantitative estimate of drug-likeness (QED) is 0.624. The smallest absolute Gasteiger partial charge is 0.262 e. The average Bonchev–Trinajstić information content (AvgIpc) is 3.61. The van der Waals surface area contributed by atoms with E-state index in [-0.39, 0.29) is 16.8 Å². The molecule has 2 saturated carbocycles. The Balaban J connectivity index is 1.46. The number of hydrogen-bond acceptors (Lipinski definition) is 5. The van der Waals surface area contributed by atoms with Crippen LogP contribution in [-0.2, 0) is 20.2 Å². The zero-order chi connectivity index (χ0) is 22.8. The van der Waals surface area contributed by atoms with Crippen molar-refractivity contribution in [2.75, 3.05) is 18.9 Å². The summed E-state index contributed by atoms with van der Waals surface area (Å²) < 4.78 is 38.6. The number of carbonyl (C=O) groups excluding carboxylic acids is 1. The Morgan fingerprint density at radius 3 is 2.19 bits per heavy atom. The molecule has 0 aliphatic heterocycles. The highest BCUT2D eigenvalue weighted by Gasteiger charge is 2.51. The van der Waals surface area contributed by atoms with Crippen LogP contribution < -0.4 is 19.5 Å². The van der Waals surface area contributed by atoms with E-state index >= 15 is 0 Å². The van der Waals surface area contributed by atoms with E-state index in [1.54, 1.807) is 18.2 Å². The fourth-order valence-electron chi connectivity index (χ4n) is 4.40. The van der Waals surface area contributed by atoms with Crippen molar-refractivity contribution in [3.8, 4) is 11.5 Å². The molecule has 0 radical (unpaired) electrons. The highest BCUT2D eigenvalue weighted by Crippen LogP contribution is 2.49. The summed E-state index contributed by atoms with van der Waals surface area (Å²) in [6, 6.07) is 11.8. The third kappa shape index (κ3) is 4.55. The molecule has 0 saturated heterocycles. The number of anilines is 1. The lowest BCUT2D eigenvalue weighted by molar-refractivity contribution is -0.124. The van der Waals surface area contributed by atoms with E-state index in [2.05, 4.69) is 10.0 Å². The molecule has 0 unspecified atom stereocenters. The van der Waals surface area contributed by atoms with Gasteiger partial charge in [0.1, 0.15) is 0 Å². The van der Waals surface area contributed by atoms with Crippen LogP contribution in [0.25, 0.3) is 0 Å². The van der Waals surface area contributed by atoms with Gasteiger partial charge >= 0.3 is 0 Å². The zero-order valence-electron chi connectivity index (χ0n) is 18.5. The van der Waals surface area contributed by atoms with Gasteiger partial charge in [-0.3, -0.25) is 9.52 Å². The number of benzene rings is 2. The maximum atomic E-state index is 13.0. The largest absolute Gasteiger partial charge is 0.493 e. The van der Waals surface area contributed by atoms with Gasteiger partial charge in [0.15, 0.2) is 11.5 Å². The number of carbonyl (C=O) groups is 1. The molecule has 0 atom stereocenters. The van der Waals surface area contributed by atoms with E-state index in [1.807, 2.05) is 12.1 Å². The molecule has 8 heteroatoms. The number of sulfonamides is 1. The van der Waals surface area contributed by atoms with Crippen LogP contribution in [0, 0.1) is 0 Å². The minimum absolute atomic E-state index is 0.0738. The first-order valence-corrected chi connectivity index (χ1v) is 12.5. The number of methoxy groups -OCH3 is 2. The third-order valence-corrected chi connectivity index (χ3v) is 7.86. The van der Waals surface area contributed by atoms with E-state index in [4.69, 9.17) is 9.47 Å². The van der Waals surface area contributed by atoms with Crippen LogP contribution in [0.15, 0.2) is 47.4 Å². The van der Waals surface area contributed by atoms with E-state index in [0.717, 1.165) is 31.2 Å². The van der Waals surface area contributed by atoms with Gasteiger partial charge in [-0.05, 0) is 55.5 Å². The molecule has 4 rings (SSSR count). The minimum atomic E-state index is -3.80. The molecule has 2 fully saturated rings. The van der Waals surface area contributed by atoms with Crippen LogP contribution in [0.1, 0.15) is 50.5 Å². The molecule has 0 bridgehead atoms. The van der Waals surface area contributed by atoms with Crippen molar-refractivity contribution in [1.29, 1.82) is 0 Å². The molecule has 2 aromatic rings. The van der Waals surface area contributed by atoms with Crippen LogP contribution in [-0.4, -0.2) is 34.6 Å². The molecular weight excluding hydrogens is 428 g/mol. The second kappa shape index (κ2) is 9.02. The van der Waals surface area contributed by atoms with E-state index in [0.29, 0.717) is 17.2 Å². The van der Waals surface area contributed by atoms with Gasteiger partial charge in [-0.1, -0.05) is 31.4 Å². The van der Waals surface area contributed by atoms with Gasteiger partial charge < -0.3 is 14.8 Å². The molecule has 7 nitrogen and oxygen atoms in total. The van der Waals surface area contributed by atoms with Crippen molar-refractivity contribution in [3.05, 3.63) is 48.0 Å². The van der Waals surface area contributed by atoms with Gasteiger partial charge in [-0.15, -0.1) is 0 Å². The summed E-state index contributed by atoms with van der Waals surface area (Å²) in [5.41, 5.74) is 0.893. The summed E-state index contributed by atoms with van der Waals surface area (Å²) in [5.74, 6) is 0.894. The molecule has 32 heavy (non-hydrogen) atoms. The molecule has 0 aromatic heterocycles. The highest BCUT2D eigenvalue weighted by atomic mass is 32.2. The van der Waals surface area contributed by atoms with Crippen molar-refractivity contribution < 1.29 is 22.7 Å². The SMILES string of the molecule is COc1ccc(S(=O)(=O)Nc2ccc(C3(C(=O)NC4CCCCC4)CC3)cc2)cc1OC. The van der Waals surface area contributed by atoms with Crippen LogP contribution >= 0.6 is 0 Å². The second-order valence-corrected chi connectivity index (χ2v) is 10.3. The van der Waals surface area contributed by atoms with E-state index in [1.165, 1.54) is 45.6 Å². The lowest BCUT2D eigenvalue weighted by Crippen LogP contribution is -2.42. The van der Waals surface area contributed by atoms with Crippen molar-refractivity contribution >= 4 is 21.6 Å². The zero-order valence-corrected chi connectivity index (χ0v) is 19.3. The monoisotopic (exact) mass is 458 g/mol. The van der Waals surface area contributed by atoms with Gasteiger partial charge in [0.2, 0.25) is 5.91 Å². The van der Waals surface area contributed by atoms with Crippen molar-refractivity contribution in [2.45, 2.75) is 61.3 Å². The van der Waals surface area contributed by atoms with Crippen LogP contribution in [0.3, 0.4) is 0 Å². The third-order valence-electron chi connectivity index (χ3n) is 6.48. The second-order valence-electron chi connectivity index (χ2n) is 8.59. The Bertz CT molecular complexity index is 1070. The Morgan fingerprint density at radius 1 is 0.938 bits per heavy atom. The molecule has 172 valence electrons. The van der Waals surface area contributed by atoms with E-state index < -0.39 is 15.4 Å². The topological polar surface area (TPSA) is 93.7 Å². The van der Waals surface area contributed by atoms with Crippen molar-refractivity contribution in [2.24, 2.45) is 0 Å². The molecule has 1 amide bonds. The Morgan fingerprint density at radius 2 is 1.59 bits per heavy atom. The first-order chi connectivity index (χ1) is 15.4. The summed E-state index contributed by atoms with van der Waals surface area (Å²) in [6.45, 7) is 0. The lowest BCUT2D eigenvalue weighted by atomic mass is 9.91. The Labute approximate surface area is 189 Å². The van der Waals surface area contributed by atoms with Gasteiger partial charge in [-0.25, -0.2) is 8.42 Å². The van der Waals surface area contributed by atoms with Crippen molar-refractivity contribution in [3.63, 3.8) is 0 Å². The van der Waals surface area contributed by atoms with Crippen LogP contribution in [0.2, 0.25) is 0 Å². The molecule has 0 spiro atoms. The maximum Gasteiger partial charge on any atom is 0.262 e. The molecular formula is C24H30N2O5S. The molecule has 2 aromatic carbocycles. The standard InChI is InChI=1S/C24H30N2O5S/c1-30-21-13-12-20(16-22(21)31-2)32(28,29)26-19-10-8-17(9-11-19)24(14-15-24)23(27)25-18-6-4-3-5-7-18/h8-13,16,18,26H,3-7,14-15H2,1-2H3,(H,25,27). The molecule has 0 heterocycles. The fraction of sp³-hybridized carbons (Fsp3) is 0.458. The Hall–Kier alpha value is -2.74. The summed E-state index contributed by atoms with van der Waals surface area (Å²) in [7, 11) is -0.853. The number of hydrogen-bond donors (Lipinski definition) is 2. The highest BCUT2D eigenvalue weighted by molar-refractivity contribution is 7.92. The summed E-state index contributed by atoms with van der Waals surface area (Å²) in [4.78, 5) is 13.0. The van der Waals surface area contributed by atoms with Crippen LogP contribution in [0.4, 0.5) is 5.69 Å². The first kappa shape index (κ1) is 22.5. The van der Waals surface area contributed by atoms with Crippen molar-refractivity contribution in [1.82, 2.24) is 5.32 Å². The average molecular weight is 459 g/mol. The normalized spacial score (nSPS) is 17.9. The van der Waals surface area contributed by atoms with E-state index in [9.17, 15) is 13.2 Å². The summed E-state index contributed by atoms with van der Waals surface area (Å²) in [6.07, 6.45) is 7.35. The Kier molecular flexibility index (Phi) is 6.33. The first-order valence-electron chi connectivity index (χ1n) is 11.0. The predicted molar refractivity (Wildman–Crippen MR) is 123 cm³/mol. The number of amides is 1. The molecule has 2 N–H and O–H groups in total. The lowest BCUT2D eigenvalue weighted by Gasteiger charge is -2.25. The maximum absolute atomic E-state index is 13.0. The van der Waals surface area contributed by atoms with Gasteiger partial charge in [0, 0.05) is 17.8 Å². The van der Waals surface area contributed by atoms with Gasteiger partial charge in [0.25, 0.3) is 10.0 Å².